The molecule has 1 aliphatic carbocycles. The fraction of sp³-hybridized carbons (Fsp3) is 0.455. The monoisotopic (exact) mass is 381 g/mol. The number of pyridine rings is 1. The van der Waals surface area contributed by atoms with Crippen molar-refractivity contribution in [2.75, 3.05) is 36.0 Å². The van der Waals surface area contributed by atoms with Crippen molar-refractivity contribution in [3.8, 4) is 5.75 Å². The van der Waals surface area contributed by atoms with E-state index in [4.69, 9.17) is 4.74 Å². The molecule has 6 nitrogen and oxygen atoms in total. The maximum atomic E-state index is 11.2. The van der Waals surface area contributed by atoms with Crippen LogP contribution in [-0.2, 0) is 4.79 Å². The molecule has 1 aromatic heterocycles. The first-order chi connectivity index (χ1) is 13.7. The fourth-order valence-electron chi connectivity index (χ4n) is 4.14. The lowest BCUT2D eigenvalue weighted by molar-refractivity contribution is -0.143. The lowest BCUT2D eigenvalue weighted by Crippen LogP contribution is -2.46. The molecule has 1 N–H and O–H groups in total. The van der Waals surface area contributed by atoms with E-state index < -0.39 is 5.97 Å². The van der Waals surface area contributed by atoms with Gasteiger partial charge in [-0.25, -0.2) is 4.98 Å². The molecule has 28 heavy (non-hydrogen) atoms. The highest BCUT2D eigenvalue weighted by Gasteiger charge is 2.28. The van der Waals surface area contributed by atoms with Crippen molar-refractivity contribution in [1.29, 1.82) is 0 Å². The van der Waals surface area contributed by atoms with Crippen molar-refractivity contribution >= 4 is 17.5 Å². The molecule has 1 saturated heterocycles. The Morgan fingerprint density at radius 2 is 1.75 bits per heavy atom. The highest BCUT2D eigenvalue weighted by atomic mass is 16.5. The van der Waals surface area contributed by atoms with Gasteiger partial charge in [0, 0.05) is 38.1 Å². The Morgan fingerprint density at radius 3 is 2.43 bits per heavy atom. The molecule has 0 radical (unpaired) electrons. The van der Waals surface area contributed by atoms with Crippen LogP contribution in [0.15, 0.2) is 48.7 Å². The summed E-state index contributed by atoms with van der Waals surface area (Å²) < 4.78 is 6.05. The number of anilines is 2. The van der Waals surface area contributed by atoms with Gasteiger partial charge in [-0.15, -0.1) is 0 Å². The van der Waals surface area contributed by atoms with E-state index in [9.17, 15) is 9.90 Å². The van der Waals surface area contributed by atoms with Crippen LogP contribution in [0.1, 0.15) is 25.7 Å². The second-order valence-corrected chi connectivity index (χ2v) is 7.60. The predicted molar refractivity (Wildman–Crippen MR) is 109 cm³/mol. The van der Waals surface area contributed by atoms with E-state index in [2.05, 4.69) is 33.0 Å². The maximum Gasteiger partial charge on any atom is 0.306 e. The summed E-state index contributed by atoms with van der Waals surface area (Å²) in [6, 6.07) is 14.2. The minimum absolute atomic E-state index is 0.00242. The topological polar surface area (TPSA) is 65.9 Å². The minimum Gasteiger partial charge on any atom is -0.490 e. The molecule has 1 aliphatic heterocycles. The molecule has 2 unspecified atom stereocenters. The SMILES string of the molecule is O=C(O)C1CCCC(Oc2ccc(N3CCN(c4ccccn4)CC3)cc2)C1. The number of ether oxygens (including phenoxy) is 1. The zero-order chi connectivity index (χ0) is 19.3. The van der Waals surface area contributed by atoms with Crippen LogP contribution in [0.25, 0.3) is 0 Å². The van der Waals surface area contributed by atoms with Gasteiger partial charge in [0.15, 0.2) is 0 Å². The Labute approximate surface area is 165 Å². The van der Waals surface area contributed by atoms with Gasteiger partial charge in [-0.3, -0.25) is 4.79 Å². The van der Waals surface area contributed by atoms with Gasteiger partial charge in [-0.05, 0) is 62.1 Å². The number of aliphatic carboxylic acids is 1. The van der Waals surface area contributed by atoms with Crippen molar-refractivity contribution in [3.63, 3.8) is 0 Å². The van der Waals surface area contributed by atoms with E-state index >= 15 is 0 Å². The van der Waals surface area contributed by atoms with E-state index in [1.165, 1.54) is 5.69 Å². The van der Waals surface area contributed by atoms with E-state index in [-0.39, 0.29) is 12.0 Å². The predicted octanol–water partition coefficient (Wildman–Crippen LogP) is 3.43. The van der Waals surface area contributed by atoms with Gasteiger partial charge >= 0.3 is 5.97 Å². The van der Waals surface area contributed by atoms with Crippen molar-refractivity contribution in [2.24, 2.45) is 5.92 Å². The average Bonchev–Trinajstić information content (AvgIpc) is 2.75. The summed E-state index contributed by atoms with van der Waals surface area (Å²) in [7, 11) is 0. The molecule has 2 heterocycles. The van der Waals surface area contributed by atoms with Gasteiger partial charge in [0.2, 0.25) is 0 Å². The van der Waals surface area contributed by atoms with Crippen molar-refractivity contribution in [2.45, 2.75) is 31.8 Å². The molecule has 2 aliphatic rings. The molecule has 2 fully saturated rings. The summed E-state index contributed by atoms with van der Waals surface area (Å²) in [4.78, 5) is 20.3. The fourth-order valence-corrected chi connectivity index (χ4v) is 4.14. The first kappa shape index (κ1) is 18.6. The molecular formula is C22H27N3O3. The Kier molecular flexibility index (Phi) is 5.65. The number of carbonyl (C=O) groups is 1. The quantitative estimate of drug-likeness (QED) is 0.856. The average molecular weight is 381 g/mol. The summed E-state index contributed by atoms with van der Waals surface area (Å²) in [5.74, 6) is 0.895. The summed E-state index contributed by atoms with van der Waals surface area (Å²) in [5, 5.41) is 9.23. The highest BCUT2D eigenvalue weighted by Crippen LogP contribution is 2.29. The Morgan fingerprint density at radius 1 is 1.00 bits per heavy atom. The normalized spacial score (nSPS) is 22.7. The van der Waals surface area contributed by atoms with Gasteiger partial charge in [0.25, 0.3) is 0 Å². The van der Waals surface area contributed by atoms with Crippen molar-refractivity contribution < 1.29 is 14.6 Å². The number of rotatable bonds is 5. The van der Waals surface area contributed by atoms with E-state index in [1.54, 1.807) is 0 Å². The zero-order valence-corrected chi connectivity index (χ0v) is 16.0. The lowest BCUT2D eigenvalue weighted by atomic mass is 9.87. The Hall–Kier alpha value is -2.76. The summed E-state index contributed by atoms with van der Waals surface area (Å²) in [6.45, 7) is 3.82. The molecule has 4 rings (SSSR count). The van der Waals surface area contributed by atoms with Crippen LogP contribution in [0, 0.1) is 5.92 Å². The lowest BCUT2D eigenvalue weighted by Gasteiger charge is -2.36. The van der Waals surface area contributed by atoms with Gasteiger partial charge < -0.3 is 19.6 Å². The molecule has 148 valence electrons. The van der Waals surface area contributed by atoms with Crippen LogP contribution >= 0.6 is 0 Å². The first-order valence-electron chi connectivity index (χ1n) is 10.1. The molecule has 1 saturated carbocycles. The molecule has 0 spiro atoms. The highest BCUT2D eigenvalue weighted by molar-refractivity contribution is 5.70. The van der Waals surface area contributed by atoms with Crippen molar-refractivity contribution in [1.82, 2.24) is 4.98 Å². The van der Waals surface area contributed by atoms with E-state index in [1.807, 2.05) is 30.5 Å². The number of hydrogen-bond acceptors (Lipinski definition) is 5. The Bertz CT molecular complexity index is 773. The number of carboxylic acid groups (broad SMARTS) is 1. The molecule has 2 aromatic rings. The van der Waals surface area contributed by atoms with Crippen LogP contribution in [-0.4, -0.2) is 48.3 Å². The third-order valence-corrected chi connectivity index (χ3v) is 5.73. The number of nitrogens with zero attached hydrogens (tertiary/aromatic N) is 3. The summed E-state index contributed by atoms with van der Waals surface area (Å²) in [5.41, 5.74) is 1.19. The van der Waals surface area contributed by atoms with Crippen molar-refractivity contribution in [3.05, 3.63) is 48.7 Å². The van der Waals surface area contributed by atoms with Gasteiger partial charge in [-0.1, -0.05) is 6.07 Å². The number of carboxylic acids is 1. The smallest absolute Gasteiger partial charge is 0.306 e. The summed E-state index contributed by atoms with van der Waals surface area (Å²) in [6.07, 6.45) is 5.06. The number of aromatic nitrogens is 1. The minimum atomic E-state index is -0.700. The molecule has 0 amide bonds. The first-order valence-corrected chi connectivity index (χ1v) is 10.1. The molecular weight excluding hydrogens is 354 g/mol. The van der Waals surface area contributed by atoms with E-state index in [0.29, 0.717) is 6.42 Å². The van der Waals surface area contributed by atoms with Gasteiger partial charge in [-0.2, -0.15) is 0 Å². The summed E-state index contributed by atoms with van der Waals surface area (Å²) >= 11 is 0. The van der Waals surface area contributed by atoms with Gasteiger partial charge in [0.05, 0.1) is 12.0 Å². The zero-order valence-electron chi connectivity index (χ0n) is 16.0. The van der Waals surface area contributed by atoms with Crippen LogP contribution in [0.4, 0.5) is 11.5 Å². The van der Waals surface area contributed by atoms with Crippen LogP contribution in [0.3, 0.4) is 0 Å². The molecule has 0 bridgehead atoms. The van der Waals surface area contributed by atoms with Gasteiger partial charge in [0.1, 0.15) is 11.6 Å². The largest absolute Gasteiger partial charge is 0.490 e. The number of hydrogen-bond donors (Lipinski definition) is 1. The molecule has 2 atom stereocenters. The Balaban J connectivity index is 1.31. The third-order valence-electron chi connectivity index (χ3n) is 5.73. The number of benzene rings is 1. The standard InChI is InChI=1S/C22H27N3O3/c26-22(27)17-4-3-5-20(16-17)28-19-9-7-18(8-10-19)24-12-14-25(15-13-24)21-6-1-2-11-23-21/h1-2,6-11,17,20H,3-5,12-16H2,(H,26,27). The van der Waals surface area contributed by atoms with E-state index in [0.717, 1.165) is 57.0 Å². The molecule has 6 heteroatoms. The third kappa shape index (κ3) is 4.38. The second kappa shape index (κ2) is 8.50. The van der Waals surface area contributed by atoms with Crippen LogP contribution in [0.5, 0.6) is 5.75 Å². The maximum absolute atomic E-state index is 11.2. The van der Waals surface area contributed by atoms with Crippen LogP contribution < -0.4 is 14.5 Å². The number of piperazine rings is 1. The molecule has 1 aromatic carbocycles. The second-order valence-electron chi connectivity index (χ2n) is 7.60. The van der Waals surface area contributed by atoms with Crippen LogP contribution in [0.2, 0.25) is 0 Å².